The first kappa shape index (κ1) is 10.9. The van der Waals surface area contributed by atoms with Crippen LogP contribution in [0.15, 0.2) is 12.2 Å². The Labute approximate surface area is 71.3 Å². The average Bonchev–Trinajstić information content (AvgIpc) is 1.76. The van der Waals surface area contributed by atoms with Crippen LogP contribution in [-0.2, 0) is 0 Å². The van der Waals surface area contributed by atoms with E-state index < -0.39 is 0 Å². The minimum Gasteiger partial charge on any atom is -1.00 e. The Balaban J connectivity index is 0. The Bertz CT molecular complexity index is 46.0. The summed E-state index contributed by atoms with van der Waals surface area (Å²) in [5.74, 6) is 0. The summed E-state index contributed by atoms with van der Waals surface area (Å²) in [6.07, 6.45) is 9.00. The van der Waals surface area contributed by atoms with Gasteiger partial charge in [-0.25, -0.2) is 0 Å². The number of hydrogen-bond acceptors (Lipinski definition) is 0. The maximum absolute atomic E-state index is 2.25. The van der Waals surface area contributed by atoms with E-state index >= 15 is 0 Å². The van der Waals surface area contributed by atoms with Gasteiger partial charge in [-0.1, -0.05) is 0 Å². The maximum atomic E-state index is 2.25. The molecule has 0 heterocycles. The molecule has 7 heavy (non-hydrogen) atoms. The first-order valence-corrected chi connectivity index (χ1v) is 1.97. The Morgan fingerprint density at radius 2 is 1.57 bits per heavy atom. The van der Waals surface area contributed by atoms with Gasteiger partial charge < -0.3 is 23.4 Å². The van der Waals surface area contributed by atoms with Gasteiger partial charge in [0.05, 0.1) is 0 Å². The Morgan fingerprint density at radius 1 is 1.14 bits per heavy atom. The summed E-state index contributed by atoms with van der Waals surface area (Å²) < 4.78 is 0. The van der Waals surface area contributed by atoms with Crippen LogP contribution in [0.2, 0.25) is 0 Å². The van der Waals surface area contributed by atoms with Crippen molar-refractivity contribution in [2.75, 3.05) is 0 Å². The number of hydrogen-bond donors (Lipinski definition) is 0. The summed E-state index contributed by atoms with van der Waals surface area (Å²) in [5, 5.41) is 0. The molecule has 0 bridgehead atoms. The summed E-state index contributed by atoms with van der Waals surface area (Å²) in [5.41, 5.74) is 0. The van der Waals surface area contributed by atoms with Crippen LogP contribution < -0.4 is 17.0 Å². The van der Waals surface area contributed by atoms with Crippen LogP contribution in [0.5, 0.6) is 0 Å². The monoisotopic (exact) mass is 170 g/mol. The van der Waals surface area contributed by atoms with E-state index in [0.29, 0.717) is 0 Å². The summed E-state index contributed by atoms with van der Waals surface area (Å²) in [6, 6.07) is 0. The SMILES string of the molecule is C1=CC[CH-]C1.[Br-].[Mg+2]. The van der Waals surface area contributed by atoms with Gasteiger partial charge in [-0.15, -0.1) is 12.2 Å². The molecule has 0 unspecified atom stereocenters. The second-order valence-electron chi connectivity index (χ2n) is 1.23. The van der Waals surface area contributed by atoms with E-state index in [0.717, 1.165) is 0 Å². The minimum absolute atomic E-state index is 0. The third-order valence-corrected chi connectivity index (χ3v) is 0.772. The van der Waals surface area contributed by atoms with Crippen molar-refractivity contribution in [3.8, 4) is 0 Å². The fourth-order valence-electron chi connectivity index (χ4n) is 0.481. The number of halogens is 1. The van der Waals surface area contributed by atoms with Crippen molar-refractivity contribution in [3.05, 3.63) is 18.6 Å². The molecule has 1 aliphatic carbocycles. The quantitative estimate of drug-likeness (QED) is 0.228. The molecular formula is C5H7BrMg. The molecule has 2 heteroatoms. The zero-order chi connectivity index (χ0) is 3.54. The summed E-state index contributed by atoms with van der Waals surface area (Å²) in [4.78, 5) is 0. The van der Waals surface area contributed by atoms with Crippen molar-refractivity contribution in [2.24, 2.45) is 0 Å². The van der Waals surface area contributed by atoms with E-state index in [9.17, 15) is 0 Å². The first-order chi connectivity index (χ1) is 2.50. The Hall–Kier alpha value is 0.986. The van der Waals surface area contributed by atoms with Gasteiger partial charge in [0.1, 0.15) is 0 Å². The van der Waals surface area contributed by atoms with Crippen LogP contribution in [0.4, 0.5) is 0 Å². The predicted octanol–water partition coefficient (Wildman–Crippen LogP) is -1.84. The molecule has 1 aliphatic rings. The molecule has 0 spiro atoms. The maximum Gasteiger partial charge on any atom is 2.00 e. The van der Waals surface area contributed by atoms with Crippen LogP contribution in [0.25, 0.3) is 0 Å². The molecule has 0 radical (unpaired) electrons. The molecule has 0 aliphatic heterocycles. The molecule has 1 rings (SSSR count). The predicted molar refractivity (Wildman–Crippen MR) is 28.4 cm³/mol. The summed E-state index contributed by atoms with van der Waals surface area (Å²) in [7, 11) is 0. The molecule has 0 aromatic rings. The van der Waals surface area contributed by atoms with E-state index in [1.165, 1.54) is 12.8 Å². The first-order valence-electron chi connectivity index (χ1n) is 1.97. The molecule has 0 N–H and O–H groups in total. The minimum atomic E-state index is 0. The molecule has 0 aromatic heterocycles. The topological polar surface area (TPSA) is 0 Å². The number of allylic oxidation sites excluding steroid dienone is 2. The molecular weight excluding hydrogens is 164 g/mol. The number of rotatable bonds is 0. The van der Waals surface area contributed by atoms with E-state index in [2.05, 4.69) is 18.6 Å². The molecule has 0 saturated heterocycles. The van der Waals surface area contributed by atoms with Crippen molar-refractivity contribution in [1.82, 2.24) is 0 Å². The van der Waals surface area contributed by atoms with Crippen LogP contribution in [0.1, 0.15) is 12.8 Å². The molecule has 0 saturated carbocycles. The second kappa shape index (κ2) is 6.99. The molecule has 0 atom stereocenters. The zero-order valence-electron chi connectivity index (χ0n) is 4.23. The smallest absolute Gasteiger partial charge is 1.00 e. The molecule has 0 amide bonds. The van der Waals surface area contributed by atoms with Crippen molar-refractivity contribution in [1.29, 1.82) is 0 Å². The van der Waals surface area contributed by atoms with Gasteiger partial charge in [-0.2, -0.15) is 12.8 Å². The zero-order valence-corrected chi connectivity index (χ0v) is 7.23. The van der Waals surface area contributed by atoms with E-state index in [1.54, 1.807) is 0 Å². The Kier molecular flexibility index (Phi) is 10.9. The van der Waals surface area contributed by atoms with Crippen molar-refractivity contribution < 1.29 is 17.0 Å². The third kappa shape index (κ3) is 4.85. The largest absolute Gasteiger partial charge is 2.00 e. The molecule has 0 aromatic carbocycles. The van der Waals surface area contributed by atoms with Crippen molar-refractivity contribution in [3.63, 3.8) is 0 Å². The fraction of sp³-hybridized carbons (Fsp3) is 0.400. The van der Waals surface area contributed by atoms with Gasteiger partial charge in [-0.3, -0.25) is 0 Å². The average molecular weight is 171 g/mol. The summed E-state index contributed by atoms with van der Waals surface area (Å²) >= 11 is 0. The van der Waals surface area contributed by atoms with Gasteiger partial charge in [0, 0.05) is 0 Å². The Morgan fingerprint density at radius 3 is 1.71 bits per heavy atom. The molecule has 36 valence electrons. The standard InChI is InChI=1S/C5H7.BrH.Mg/c1-2-4-5-3-1;;/h1-2,5H,3-4H2;1H;/q-1;;+2/p-1. The van der Waals surface area contributed by atoms with Crippen LogP contribution in [-0.4, -0.2) is 23.1 Å². The van der Waals surface area contributed by atoms with Crippen LogP contribution in [0, 0.1) is 6.42 Å². The fourth-order valence-corrected chi connectivity index (χ4v) is 0.481. The third-order valence-electron chi connectivity index (χ3n) is 0.772. The summed E-state index contributed by atoms with van der Waals surface area (Å²) in [6.45, 7) is 0. The second-order valence-corrected chi connectivity index (χ2v) is 1.23. The van der Waals surface area contributed by atoms with Crippen LogP contribution >= 0.6 is 0 Å². The van der Waals surface area contributed by atoms with E-state index in [4.69, 9.17) is 0 Å². The van der Waals surface area contributed by atoms with Gasteiger partial charge in [0.15, 0.2) is 0 Å². The van der Waals surface area contributed by atoms with Crippen molar-refractivity contribution in [2.45, 2.75) is 12.8 Å². The van der Waals surface area contributed by atoms with Gasteiger partial charge in [0.25, 0.3) is 0 Å². The van der Waals surface area contributed by atoms with Gasteiger partial charge in [0.2, 0.25) is 0 Å². The van der Waals surface area contributed by atoms with E-state index in [1.807, 2.05) is 0 Å². The van der Waals surface area contributed by atoms with Crippen LogP contribution in [0.3, 0.4) is 0 Å². The van der Waals surface area contributed by atoms with Crippen molar-refractivity contribution >= 4 is 23.1 Å². The van der Waals surface area contributed by atoms with E-state index in [-0.39, 0.29) is 40.0 Å². The molecule has 0 nitrogen and oxygen atoms in total. The van der Waals surface area contributed by atoms with Gasteiger partial charge in [-0.05, 0) is 0 Å². The normalized spacial score (nSPS) is 14.9. The molecule has 0 fully saturated rings. The van der Waals surface area contributed by atoms with Gasteiger partial charge >= 0.3 is 23.1 Å².